The predicted molar refractivity (Wildman–Crippen MR) is 91.0 cm³/mol. The molecule has 0 saturated carbocycles. The van der Waals surface area contributed by atoms with Crippen LogP contribution in [0.4, 0.5) is 5.69 Å². The molecule has 8 nitrogen and oxygen atoms in total. The van der Waals surface area contributed by atoms with E-state index in [0.717, 1.165) is 6.07 Å². The third kappa shape index (κ3) is 4.50. The Bertz CT molecular complexity index is 786. The Morgan fingerprint density at radius 3 is 2.12 bits per heavy atom. The van der Waals surface area contributed by atoms with Gasteiger partial charge in [0.15, 0.2) is 5.79 Å². The lowest BCUT2D eigenvalue weighted by Crippen LogP contribution is -2.33. The molecule has 0 saturated heterocycles. The van der Waals surface area contributed by atoms with Gasteiger partial charge in [-0.25, -0.2) is 4.57 Å². The minimum absolute atomic E-state index is 0.0218. The highest BCUT2D eigenvalue weighted by atomic mass is 31.2. The molecule has 0 aliphatic heterocycles. The van der Waals surface area contributed by atoms with Crippen LogP contribution in [0.1, 0.15) is 30.4 Å². The summed E-state index contributed by atoms with van der Waals surface area (Å²) in [5.41, 5.74) is 0.0182. The smallest absolute Gasteiger partial charge is 0.427 e. The van der Waals surface area contributed by atoms with E-state index in [1.807, 2.05) is 5.09 Å². The summed E-state index contributed by atoms with van der Waals surface area (Å²) in [5, 5.41) is 42.3. The number of aromatic hydroxyl groups is 2. The molecule has 0 aliphatic carbocycles. The van der Waals surface area contributed by atoms with Gasteiger partial charge in [-0.05, 0) is 36.2 Å². The number of anilines is 1. The average Bonchev–Trinajstić information content (AvgIpc) is 2.47. The molecular weight excluding hydrogens is 349 g/mol. The molecule has 2 aromatic carbocycles. The molecule has 0 aromatic heterocycles. The first-order chi connectivity index (χ1) is 11.5. The van der Waals surface area contributed by atoms with Crippen LogP contribution in [0.5, 0.6) is 11.5 Å². The molecule has 0 amide bonds. The molecule has 1 unspecified atom stereocenters. The molecule has 2 rings (SSSR count). The number of aliphatic hydroxyl groups is 2. The van der Waals surface area contributed by atoms with Crippen molar-refractivity contribution >= 4 is 13.4 Å². The second kappa shape index (κ2) is 7.03. The summed E-state index contributed by atoms with van der Waals surface area (Å²) in [4.78, 5) is 18.2. The van der Waals surface area contributed by atoms with E-state index in [-0.39, 0.29) is 29.2 Å². The zero-order valence-corrected chi connectivity index (χ0v) is 14.3. The van der Waals surface area contributed by atoms with Crippen LogP contribution in [0, 0.1) is 0 Å². The summed E-state index contributed by atoms with van der Waals surface area (Å²) >= 11 is 0. The monoisotopic (exact) mass is 369 g/mol. The molecule has 0 bridgehead atoms. The van der Waals surface area contributed by atoms with E-state index in [1.165, 1.54) is 36.4 Å². The van der Waals surface area contributed by atoms with Crippen molar-refractivity contribution in [1.82, 2.24) is 0 Å². The Balaban J connectivity index is 2.53. The van der Waals surface area contributed by atoms with Crippen molar-refractivity contribution in [2.24, 2.45) is 0 Å². The van der Waals surface area contributed by atoms with Crippen LogP contribution < -0.4 is 5.09 Å². The maximum absolute atomic E-state index is 11.2. The van der Waals surface area contributed by atoms with E-state index in [2.05, 4.69) is 0 Å². The Kier molecular flexibility index (Phi) is 5.41. The highest BCUT2D eigenvalue weighted by Crippen LogP contribution is 2.45. The van der Waals surface area contributed by atoms with Crippen molar-refractivity contribution in [3.63, 3.8) is 0 Å². The predicted octanol–water partition coefficient (Wildman–Crippen LogP) is 1.93. The minimum atomic E-state index is -4.74. The van der Waals surface area contributed by atoms with Crippen molar-refractivity contribution in [3.05, 3.63) is 53.6 Å². The number of phenolic OH excluding ortho intramolecular Hbond substituents is 2. The third-order valence-corrected chi connectivity index (χ3v) is 4.39. The first-order valence-electron chi connectivity index (χ1n) is 7.45. The van der Waals surface area contributed by atoms with Crippen LogP contribution in [0.2, 0.25) is 0 Å². The van der Waals surface area contributed by atoms with Gasteiger partial charge in [-0.3, -0.25) is 5.09 Å². The molecule has 0 fully saturated rings. The van der Waals surface area contributed by atoms with E-state index < -0.39 is 19.5 Å². The first-order valence-corrected chi connectivity index (χ1v) is 9.07. The van der Waals surface area contributed by atoms with Gasteiger partial charge >= 0.3 is 7.75 Å². The Labute approximate surface area is 144 Å². The highest BCUT2D eigenvalue weighted by Gasteiger charge is 2.39. The minimum Gasteiger partial charge on any atom is -0.508 e. The van der Waals surface area contributed by atoms with E-state index in [9.17, 15) is 25.0 Å². The van der Waals surface area contributed by atoms with Gasteiger partial charge in [0.2, 0.25) is 0 Å². The molecule has 0 aliphatic rings. The number of hydrogen-bond donors (Lipinski definition) is 7. The van der Waals surface area contributed by atoms with Crippen LogP contribution in [0.15, 0.2) is 42.5 Å². The van der Waals surface area contributed by atoms with Crippen molar-refractivity contribution < 1.29 is 34.8 Å². The van der Waals surface area contributed by atoms with Gasteiger partial charge in [0.25, 0.3) is 0 Å². The molecule has 0 heterocycles. The molecule has 25 heavy (non-hydrogen) atoms. The quantitative estimate of drug-likeness (QED) is 0.301. The molecule has 0 spiro atoms. The first kappa shape index (κ1) is 19.2. The van der Waals surface area contributed by atoms with Crippen LogP contribution in [0.25, 0.3) is 0 Å². The molecule has 0 radical (unpaired) electrons. The van der Waals surface area contributed by atoms with Crippen molar-refractivity contribution in [2.45, 2.75) is 25.0 Å². The van der Waals surface area contributed by atoms with Crippen molar-refractivity contribution in [3.8, 4) is 11.5 Å². The molecule has 2 aromatic rings. The maximum atomic E-state index is 11.2. The topological polar surface area (TPSA) is 150 Å². The summed E-state index contributed by atoms with van der Waals surface area (Å²) in [7, 11) is -4.74. The van der Waals surface area contributed by atoms with Crippen LogP contribution in [-0.2, 0) is 10.4 Å². The lowest BCUT2D eigenvalue weighted by molar-refractivity contribution is -0.188. The number of phenols is 2. The Hall–Kier alpha value is -2.09. The Morgan fingerprint density at radius 1 is 1.04 bits per heavy atom. The fourth-order valence-corrected chi connectivity index (χ4v) is 3.25. The molecule has 9 heteroatoms. The van der Waals surface area contributed by atoms with Gasteiger partial charge < -0.3 is 30.2 Å². The molecule has 7 N–H and O–H groups in total. The highest BCUT2D eigenvalue weighted by molar-refractivity contribution is 7.53. The average molecular weight is 369 g/mol. The normalized spacial score (nSPS) is 13.5. The standard InChI is InChI=1S/C16H20NO7P/c1-2-13(10-3-5-11(18)6-4-10)16(20,21)14-8-7-12(19)9-15(14)17-25(22,23)24/h3-9,13,18-21H,2H2,1H3,(H3,17,22,23,24). The van der Waals surface area contributed by atoms with Gasteiger partial charge in [0.1, 0.15) is 11.5 Å². The summed E-state index contributed by atoms with van der Waals surface area (Å²) < 4.78 is 11.2. The zero-order valence-electron chi connectivity index (χ0n) is 13.4. The van der Waals surface area contributed by atoms with Gasteiger partial charge in [0, 0.05) is 17.5 Å². The van der Waals surface area contributed by atoms with Crippen LogP contribution in [0.3, 0.4) is 0 Å². The van der Waals surface area contributed by atoms with E-state index in [0.29, 0.717) is 5.56 Å². The number of rotatable bonds is 6. The van der Waals surface area contributed by atoms with Gasteiger partial charge in [-0.15, -0.1) is 0 Å². The Morgan fingerprint density at radius 2 is 1.60 bits per heavy atom. The van der Waals surface area contributed by atoms with Crippen LogP contribution in [-0.4, -0.2) is 30.2 Å². The van der Waals surface area contributed by atoms with E-state index in [1.54, 1.807) is 6.92 Å². The summed E-state index contributed by atoms with van der Waals surface area (Å²) in [6.07, 6.45) is 0.286. The van der Waals surface area contributed by atoms with Crippen molar-refractivity contribution in [2.75, 3.05) is 5.09 Å². The fraction of sp³-hybridized carbons (Fsp3) is 0.250. The molecule has 136 valence electrons. The van der Waals surface area contributed by atoms with Gasteiger partial charge in [-0.1, -0.05) is 19.1 Å². The SMILES string of the molecule is CCC(c1ccc(O)cc1)C(O)(O)c1ccc(O)cc1NP(=O)(O)O. The lowest BCUT2D eigenvalue weighted by Gasteiger charge is -2.33. The van der Waals surface area contributed by atoms with Gasteiger partial charge in [0.05, 0.1) is 5.69 Å². The zero-order chi connectivity index (χ0) is 18.8. The largest absolute Gasteiger partial charge is 0.508 e. The molecular formula is C16H20NO7P. The second-order valence-corrected chi connectivity index (χ2v) is 6.98. The lowest BCUT2D eigenvalue weighted by atomic mass is 9.83. The van der Waals surface area contributed by atoms with Crippen LogP contribution >= 0.6 is 7.75 Å². The summed E-state index contributed by atoms with van der Waals surface area (Å²) in [5.74, 6) is -3.62. The third-order valence-electron chi connectivity index (χ3n) is 3.86. The summed E-state index contributed by atoms with van der Waals surface area (Å²) in [6.45, 7) is 1.72. The summed E-state index contributed by atoms with van der Waals surface area (Å²) in [6, 6.07) is 9.22. The number of nitrogens with one attached hydrogen (secondary N) is 1. The second-order valence-electron chi connectivity index (χ2n) is 5.66. The maximum Gasteiger partial charge on any atom is 0.427 e. The van der Waals surface area contributed by atoms with Crippen molar-refractivity contribution in [1.29, 1.82) is 0 Å². The fourth-order valence-electron chi connectivity index (χ4n) is 2.75. The van der Waals surface area contributed by atoms with E-state index >= 15 is 0 Å². The number of hydrogen-bond acceptors (Lipinski definition) is 5. The number of benzene rings is 2. The van der Waals surface area contributed by atoms with Gasteiger partial charge in [-0.2, -0.15) is 0 Å². The van der Waals surface area contributed by atoms with E-state index in [4.69, 9.17) is 9.79 Å². The molecule has 1 atom stereocenters.